The van der Waals surface area contributed by atoms with Gasteiger partial charge < -0.3 is 15.4 Å². The van der Waals surface area contributed by atoms with E-state index in [1.54, 1.807) is 0 Å². The van der Waals surface area contributed by atoms with Crippen LogP contribution in [0.15, 0.2) is 29.3 Å². The number of nitrogens with zero attached hydrogens (tertiary/aromatic N) is 1. The molecule has 8 heteroatoms. The molecular weight excluding hydrogens is 489 g/mol. The van der Waals surface area contributed by atoms with E-state index in [-0.39, 0.29) is 42.4 Å². The van der Waals surface area contributed by atoms with Crippen LogP contribution in [0.25, 0.3) is 0 Å². The van der Waals surface area contributed by atoms with Gasteiger partial charge in [0.2, 0.25) is 0 Å². The summed E-state index contributed by atoms with van der Waals surface area (Å²) in [6.45, 7) is 10.4. The molecule has 162 valence electrons. The lowest BCUT2D eigenvalue weighted by Crippen LogP contribution is -2.39. The van der Waals surface area contributed by atoms with E-state index >= 15 is 0 Å². The minimum Gasteiger partial charge on any atom is -0.378 e. The van der Waals surface area contributed by atoms with Gasteiger partial charge in [-0.1, -0.05) is 38.1 Å². The van der Waals surface area contributed by atoms with Gasteiger partial charge in [-0.2, -0.15) is 0 Å². The minimum absolute atomic E-state index is 0. The second-order valence-electron chi connectivity index (χ2n) is 7.21. The number of benzene rings is 1. The van der Waals surface area contributed by atoms with Crippen molar-refractivity contribution in [1.29, 1.82) is 0 Å². The molecule has 1 aromatic carbocycles. The fourth-order valence-electron chi connectivity index (χ4n) is 2.56. The van der Waals surface area contributed by atoms with Gasteiger partial charge in [-0.05, 0) is 37.3 Å². The van der Waals surface area contributed by atoms with Crippen LogP contribution >= 0.6 is 24.0 Å². The number of aliphatic imine (C=N–C) groups is 1. The van der Waals surface area contributed by atoms with E-state index < -0.39 is 9.84 Å². The number of rotatable bonds is 11. The quantitative estimate of drug-likeness (QED) is 0.201. The van der Waals surface area contributed by atoms with E-state index in [1.807, 2.05) is 6.92 Å². The normalized spacial score (nSPS) is 13.1. The molecule has 0 aliphatic heterocycles. The Hall–Kier alpha value is -0.870. The second-order valence-corrected chi connectivity index (χ2v) is 9.47. The Morgan fingerprint density at radius 3 is 2.32 bits per heavy atom. The number of sulfone groups is 1. The number of hydrogen-bond acceptors (Lipinski definition) is 4. The van der Waals surface area contributed by atoms with Crippen LogP contribution < -0.4 is 10.6 Å². The summed E-state index contributed by atoms with van der Waals surface area (Å²) in [5.41, 5.74) is 2.56. The SMILES string of the molecule is CCNC(=NCCOCCS(C)(=O)=O)NC(C)c1ccc(CC(C)C)cc1.I. The summed E-state index contributed by atoms with van der Waals surface area (Å²) < 4.78 is 27.4. The van der Waals surface area contributed by atoms with E-state index in [1.165, 1.54) is 17.4 Å². The summed E-state index contributed by atoms with van der Waals surface area (Å²) in [6, 6.07) is 8.82. The lowest BCUT2D eigenvalue weighted by atomic mass is 10.00. The highest BCUT2D eigenvalue weighted by Crippen LogP contribution is 2.15. The Morgan fingerprint density at radius 1 is 1.14 bits per heavy atom. The summed E-state index contributed by atoms with van der Waals surface area (Å²) in [5, 5.41) is 6.62. The third-order valence-electron chi connectivity index (χ3n) is 3.93. The molecule has 0 fully saturated rings. The molecule has 0 saturated heterocycles. The zero-order chi connectivity index (χ0) is 20.3. The molecular formula is C20H36IN3O3S. The van der Waals surface area contributed by atoms with Gasteiger partial charge in [0.05, 0.1) is 31.6 Å². The third-order valence-corrected chi connectivity index (χ3v) is 4.83. The van der Waals surface area contributed by atoms with E-state index in [0.29, 0.717) is 19.1 Å². The summed E-state index contributed by atoms with van der Waals surface area (Å²) in [4.78, 5) is 4.49. The van der Waals surface area contributed by atoms with Crippen molar-refractivity contribution in [2.45, 2.75) is 40.2 Å². The standard InChI is InChI=1S/C20H35N3O3S.HI/c1-6-21-20(22-11-12-26-13-14-27(5,24)25)23-17(4)19-9-7-18(8-10-19)15-16(2)3;/h7-10,16-17H,6,11-15H2,1-5H3,(H2,21,22,23);1H. The monoisotopic (exact) mass is 525 g/mol. The molecule has 6 nitrogen and oxygen atoms in total. The smallest absolute Gasteiger partial charge is 0.191 e. The summed E-state index contributed by atoms with van der Waals surface area (Å²) in [6.07, 6.45) is 2.30. The second kappa shape index (κ2) is 14.2. The Morgan fingerprint density at radius 2 is 1.79 bits per heavy atom. The first-order valence-corrected chi connectivity index (χ1v) is 11.7. The molecule has 0 amide bonds. The highest BCUT2D eigenvalue weighted by atomic mass is 127. The number of ether oxygens (including phenoxy) is 1. The highest BCUT2D eigenvalue weighted by Gasteiger charge is 2.08. The average Bonchev–Trinajstić information content (AvgIpc) is 2.57. The molecule has 0 radical (unpaired) electrons. The molecule has 2 N–H and O–H groups in total. The predicted octanol–water partition coefficient (Wildman–Crippen LogP) is 3.18. The summed E-state index contributed by atoms with van der Waals surface area (Å²) in [5.74, 6) is 1.42. The highest BCUT2D eigenvalue weighted by molar-refractivity contribution is 14.0. The molecule has 0 heterocycles. The lowest BCUT2D eigenvalue weighted by molar-refractivity contribution is 0.157. The molecule has 0 bridgehead atoms. The number of hydrogen-bond donors (Lipinski definition) is 2. The Balaban J connectivity index is 0.00000729. The van der Waals surface area contributed by atoms with Crippen molar-refractivity contribution in [2.24, 2.45) is 10.9 Å². The van der Waals surface area contributed by atoms with E-state index in [2.05, 4.69) is 60.7 Å². The Kier molecular flexibility index (Phi) is 13.7. The molecule has 28 heavy (non-hydrogen) atoms. The van der Waals surface area contributed by atoms with Crippen molar-refractivity contribution in [2.75, 3.05) is 38.3 Å². The van der Waals surface area contributed by atoms with E-state index in [0.717, 1.165) is 18.9 Å². The van der Waals surface area contributed by atoms with Gasteiger partial charge in [0.25, 0.3) is 0 Å². The molecule has 1 aromatic rings. The molecule has 0 aliphatic carbocycles. The lowest BCUT2D eigenvalue weighted by Gasteiger charge is -2.18. The van der Waals surface area contributed by atoms with Crippen molar-refractivity contribution in [3.63, 3.8) is 0 Å². The Labute approximate surface area is 187 Å². The zero-order valence-corrected chi connectivity index (χ0v) is 20.8. The fraction of sp³-hybridized carbons (Fsp3) is 0.650. The largest absolute Gasteiger partial charge is 0.378 e. The fourth-order valence-corrected chi connectivity index (χ4v) is 2.98. The maximum Gasteiger partial charge on any atom is 0.191 e. The molecule has 0 aromatic heterocycles. The van der Waals surface area contributed by atoms with Crippen LogP contribution in [0.1, 0.15) is 44.9 Å². The van der Waals surface area contributed by atoms with Crippen LogP contribution in [-0.4, -0.2) is 52.7 Å². The van der Waals surface area contributed by atoms with Crippen molar-refractivity contribution in [3.8, 4) is 0 Å². The van der Waals surface area contributed by atoms with Gasteiger partial charge in [0, 0.05) is 12.8 Å². The molecule has 1 atom stereocenters. The van der Waals surface area contributed by atoms with Crippen molar-refractivity contribution < 1.29 is 13.2 Å². The first-order chi connectivity index (χ1) is 12.7. The van der Waals surface area contributed by atoms with Crippen molar-refractivity contribution in [1.82, 2.24) is 10.6 Å². The molecule has 0 saturated carbocycles. The van der Waals surface area contributed by atoms with Gasteiger partial charge in [0.15, 0.2) is 5.96 Å². The number of nitrogens with one attached hydrogen (secondary N) is 2. The first-order valence-electron chi connectivity index (χ1n) is 9.60. The summed E-state index contributed by atoms with van der Waals surface area (Å²) in [7, 11) is -2.98. The van der Waals surface area contributed by atoms with E-state index in [4.69, 9.17) is 4.74 Å². The minimum atomic E-state index is -2.98. The van der Waals surface area contributed by atoms with Gasteiger partial charge in [-0.15, -0.1) is 24.0 Å². The van der Waals surface area contributed by atoms with Gasteiger partial charge in [-0.3, -0.25) is 4.99 Å². The molecule has 0 spiro atoms. The van der Waals surface area contributed by atoms with Crippen LogP contribution in [0.5, 0.6) is 0 Å². The van der Waals surface area contributed by atoms with Crippen LogP contribution in [0.2, 0.25) is 0 Å². The molecule has 1 unspecified atom stereocenters. The van der Waals surface area contributed by atoms with Crippen LogP contribution in [-0.2, 0) is 21.0 Å². The number of halogens is 1. The maximum absolute atomic E-state index is 11.1. The van der Waals surface area contributed by atoms with Crippen LogP contribution in [0.3, 0.4) is 0 Å². The third kappa shape index (κ3) is 12.6. The van der Waals surface area contributed by atoms with Gasteiger partial charge in [-0.25, -0.2) is 8.42 Å². The van der Waals surface area contributed by atoms with Crippen LogP contribution in [0.4, 0.5) is 0 Å². The predicted molar refractivity (Wildman–Crippen MR) is 128 cm³/mol. The van der Waals surface area contributed by atoms with Gasteiger partial charge in [0.1, 0.15) is 9.84 Å². The molecule has 0 aliphatic rings. The van der Waals surface area contributed by atoms with Crippen molar-refractivity contribution >= 4 is 39.8 Å². The van der Waals surface area contributed by atoms with E-state index in [9.17, 15) is 8.42 Å². The van der Waals surface area contributed by atoms with Gasteiger partial charge >= 0.3 is 0 Å². The van der Waals surface area contributed by atoms with Crippen molar-refractivity contribution in [3.05, 3.63) is 35.4 Å². The zero-order valence-electron chi connectivity index (χ0n) is 17.7. The maximum atomic E-state index is 11.1. The Bertz CT molecular complexity index is 676. The number of guanidine groups is 1. The first kappa shape index (κ1) is 27.1. The summed E-state index contributed by atoms with van der Waals surface area (Å²) >= 11 is 0. The topological polar surface area (TPSA) is 79.8 Å². The average molecular weight is 525 g/mol. The van der Waals surface area contributed by atoms with Crippen LogP contribution in [0, 0.1) is 5.92 Å². The molecule has 1 rings (SSSR count).